The Morgan fingerprint density at radius 1 is 0.467 bits per heavy atom. The minimum absolute atomic E-state index is 0. The van der Waals surface area contributed by atoms with Gasteiger partial charge in [0.25, 0.3) is 17.7 Å². The summed E-state index contributed by atoms with van der Waals surface area (Å²) in [6.07, 6.45) is 12.2. The molecule has 10 rings (SSSR count). The molecule has 564 valence electrons. The summed E-state index contributed by atoms with van der Waals surface area (Å²) in [6, 6.07) is 49.9. The third-order valence-electron chi connectivity index (χ3n) is 14.8. The third-order valence-corrected chi connectivity index (χ3v) is 14.8. The van der Waals surface area contributed by atoms with E-state index in [4.69, 9.17) is 31.0 Å². The predicted octanol–water partition coefficient (Wildman–Crippen LogP) is 6.76. The molecule has 0 aliphatic heterocycles. The number of aliphatic hydroxyl groups is 1. The Morgan fingerprint density at radius 3 is 1.09 bits per heavy atom. The molecule has 4 aromatic heterocycles. The maximum absolute atomic E-state index is 12.2. The molecule has 107 heavy (non-hydrogen) atoms. The molecule has 0 aliphatic rings. The first-order valence-electron chi connectivity index (χ1n) is 33.7. The zero-order valence-corrected chi connectivity index (χ0v) is 60.4. The first-order valence-corrected chi connectivity index (χ1v) is 33.7. The first kappa shape index (κ1) is 91.5. The van der Waals surface area contributed by atoms with E-state index < -0.39 is 5.97 Å². The van der Waals surface area contributed by atoms with Gasteiger partial charge in [-0.15, -0.1) is 20.4 Å². The van der Waals surface area contributed by atoms with Gasteiger partial charge >= 0.3 is 36.8 Å². The minimum atomic E-state index is -1.10. The van der Waals surface area contributed by atoms with Gasteiger partial charge in [-0.2, -0.15) is 0 Å². The summed E-state index contributed by atoms with van der Waals surface area (Å²) < 4.78 is 16.7. The van der Waals surface area contributed by atoms with Crippen LogP contribution in [0.1, 0.15) is 166 Å². The Labute approximate surface area is 634 Å². The van der Waals surface area contributed by atoms with Crippen molar-refractivity contribution in [2.45, 2.75) is 139 Å². The zero-order valence-electron chi connectivity index (χ0n) is 60.4. The number of azide groups is 1. The van der Waals surface area contributed by atoms with Crippen molar-refractivity contribution >= 4 is 35.6 Å². The van der Waals surface area contributed by atoms with Gasteiger partial charge in [-0.1, -0.05) is 189 Å². The number of hydrogen-bond donors (Lipinski definition) is 6. The number of carboxylic acid groups (broad SMARTS) is 1. The number of amides is 3. The summed E-state index contributed by atoms with van der Waals surface area (Å²) in [6.45, 7) is 13.8. The Hall–Kier alpha value is -11.6. The number of aliphatic hydroxyl groups excluding tert-OH is 1. The van der Waals surface area contributed by atoms with Crippen LogP contribution in [0, 0.1) is 27.7 Å². The third kappa shape index (κ3) is 36.1. The number of benzene rings is 6. The number of aromatic carboxylic acids is 1. The van der Waals surface area contributed by atoms with Gasteiger partial charge < -0.3 is 52.3 Å². The Kier molecular flexibility index (Phi) is 44.8. The number of carbonyl (C=O) groups is 6. The van der Waals surface area contributed by atoms with E-state index in [1.807, 2.05) is 118 Å². The fourth-order valence-corrected chi connectivity index (χ4v) is 9.45. The van der Waals surface area contributed by atoms with E-state index in [1.165, 1.54) is 22.0 Å². The van der Waals surface area contributed by atoms with E-state index in [2.05, 4.69) is 86.3 Å². The number of ether oxygens (including phenoxy) is 2. The van der Waals surface area contributed by atoms with E-state index in [9.17, 15) is 28.8 Å². The molecule has 32 heteroatoms. The average Bonchev–Trinajstić information content (AvgIpc) is 1.78. The quantitative estimate of drug-likeness (QED) is 0.00633. The molecule has 0 atom stereocenters. The van der Waals surface area contributed by atoms with Gasteiger partial charge in [0.2, 0.25) is 0 Å². The number of aromatic nitrogens is 12. The molecule has 0 fully saturated rings. The van der Waals surface area contributed by atoms with Crippen molar-refractivity contribution in [1.29, 1.82) is 0 Å². The van der Waals surface area contributed by atoms with Crippen molar-refractivity contribution < 1.29 is 78.3 Å². The van der Waals surface area contributed by atoms with Crippen LogP contribution in [0.3, 0.4) is 0 Å². The van der Waals surface area contributed by atoms with Gasteiger partial charge in [-0.25, -0.2) is 14.4 Å². The van der Waals surface area contributed by atoms with Crippen LogP contribution >= 0.6 is 0 Å². The monoisotopic (exact) mass is 1460 g/mol. The SMILES string of the molecule is C.Cc1cccc(CN)c1.Cc1cccc(CNC(=O)c2cn(CCCCN=[N+]=[N-])nn2)c1.Cc1cccc(CNC(=O)c2cn(CCCCO)nn2)c1.Cc1cccc(CNC(=O)c2cn(CCCCOC(=O)c3ccccc3)nn2)c1.O.O=C(OCCCCn1cc(C(=O)O)nn1)c1ccccc1.[Li+].[OH-]. The zero-order chi connectivity index (χ0) is 73.8. The molecule has 6 aromatic carbocycles. The second kappa shape index (κ2) is 52.4. The first-order chi connectivity index (χ1) is 50.0. The number of rotatable bonds is 32. The number of nitrogens with one attached hydrogen (secondary N) is 3. The van der Waals surface area contributed by atoms with E-state index in [-0.39, 0.29) is 84.9 Å². The number of aryl methyl sites for hydroxylation is 8. The number of hydrogen-bond acceptors (Lipinski definition) is 20. The molecular formula is C75H96LiN19O12. The summed E-state index contributed by atoms with van der Waals surface area (Å²) >= 11 is 0. The van der Waals surface area contributed by atoms with Gasteiger partial charge in [0, 0.05) is 70.4 Å². The number of carbonyl (C=O) groups excluding carboxylic acids is 5. The van der Waals surface area contributed by atoms with E-state index >= 15 is 0 Å². The smallest absolute Gasteiger partial charge is 0.870 e. The second-order valence-corrected chi connectivity index (χ2v) is 23.5. The van der Waals surface area contributed by atoms with Crippen LogP contribution < -0.4 is 40.5 Å². The van der Waals surface area contributed by atoms with Gasteiger partial charge in [0.15, 0.2) is 22.8 Å². The van der Waals surface area contributed by atoms with Crippen molar-refractivity contribution in [3.8, 4) is 0 Å². The van der Waals surface area contributed by atoms with Crippen LogP contribution in [0.4, 0.5) is 0 Å². The molecule has 4 heterocycles. The Balaban J connectivity index is 0.000000463. The van der Waals surface area contributed by atoms with Crippen LogP contribution in [0.25, 0.3) is 10.4 Å². The van der Waals surface area contributed by atoms with E-state index in [1.54, 1.807) is 81.2 Å². The summed E-state index contributed by atoms with van der Waals surface area (Å²) in [5, 5.41) is 60.1. The Morgan fingerprint density at radius 2 is 0.785 bits per heavy atom. The summed E-state index contributed by atoms with van der Waals surface area (Å²) in [5.74, 6) is -2.49. The molecule has 0 spiro atoms. The number of unbranched alkanes of at least 4 members (excludes halogenated alkanes) is 4. The van der Waals surface area contributed by atoms with Crippen molar-refractivity contribution in [1.82, 2.24) is 75.9 Å². The molecule has 0 saturated heterocycles. The molecule has 0 unspecified atom stereocenters. The van der Waals surface area contributed by atoms with Crippen molar-refractivity contribution in [3.63, 3.8) is 0 Å². The molecule has 10 aromatic rings. The van der Waals surface area contributed by atoms with Crippen LogP contribution in [-0.2, 0) is 61.8 Å². The van der Waals surface area contributed by atoms with Crippen LogP contribution in [0.15, 0.2) is 188 Å². The summed E-state index contributed by atoms with van der Waals surface area (Å²) in [4.78, 5) is 73.1. The number of nitrogens with zero attached hydrogens (tertiary/aromatic N) is 15. The molecule has 0 aliphatic carbocycles. The largest absolute Gasteiger partial charge is 1.00 e. The average molecular weight is 1460 g/mol. The molecule has 0 bridgehead atoms. The second-order valence-electron chi connectivity index (χ2n) is 23.5. The van der Waals surface area contributed by atoms with Crippen LogP contribution in [-0.4, -0.2) is 143 Å². The fraction of sp³-hybridized carbons (Fsp3) is 0.333. The molecule has 0 saturated carbocycles. The maximum Gasteiger partial charge on any atom is 1.00 e. The van der Waals surface area contributed by atoms with Crippen molar-refractivity contribution in [3.05, 3.63) is 271 Å². The summed E-state index contributed by atoms with van der Waals surface area (Å²) in [7, 11) is 0. The molecule has 3 amide bonds. The Bertz CT molecular complexity index is 4280. The molecule has 10 N–H and O–H groups in total. The topological polar surface area (TPSA) is 457 Å². The minimum Gasteiger partial charge on any atom is -0.870 e. The normalized spacial score (nSPS) is 9.93. The molecule has 31 nitrogen and oxygen atoms in total. The van der Waals surface area contributed by atoms with Gasteiger partial charge in [0.05, 0.1) is 49.1 Å². The summed E-state index contributed by atoms with van der Waals surface area (Å²) in [5.41, 5.74) is 24.6. The fourth-order valence-electron chi connectivity index (χ4n) is 9.45. The van der Waals surface area contributed by atoms with Crippen LogP contribution in [0.5, 0.6) is 0 Å². The van der Waals surface area contributed by atoms with Crippen molar-refractivity contribution in [2.75, 3.05) is 26.4 Å². The van der Waals surface area contributed by atoms with Gasteiger partial charge in [-0.05, 0) is 131 Å². The standard InChI is InChI=1S/C22H24N4O3.C15H19N7O.C15H20N4O2.C14H15N3O4.C8H11N.CH4.Li.2H2O/c1-17-8-7-9-18(14-17)15-23-21(27)20-16-26(25-24-20)12-5-6-13-29-22(28)19-10-3-2-4-11-19;1-12-5-4-6-13(9-12)10-17-15(23)14-11-22(21-19-14)8-3-2-7-18-20-16;1-12-5-4-6-13(9-12)10-16-15(21)14-11-19(18-17-14)7-2-3-8-20;18-13(19)12-10-17(16-15-12)8-4-5-9-21-14(20)11-6-2-1-3-7-11;1-7-3-2-4-8(5-7)6-9;;;;/h2-4,7-11,14,16H,5-6,12-13,15H2,1H3,(H,23,27);4-6,9,11H,2-3,7-8,10H2,1H3,(H,17,23);4-6,9,11,20H,2-3,7-8,10H2,1H3,(H,16,21);1-3,6-7,10H,4-5,8-9H2,(H,18,19);2-5H,6,9H2,1H3;1H4;;2*1H2/q;;;;;;+1;;/p-1. The van der Waals surface area contributed by atoms with Crippen LogP contribution in [0.2, 0.25) is 0 Å². The number of carboxylic acids is 1. The van der Waals surface area contributed by atoms with Gasteiger partial charge in [0.1, 0.15) is 0 Å². The predicted molar refractivity (Wildman–Crippen MR) is 397 cm³/mol. The van der Waals surface area contributed by atoms with E-state index in [0.717, 1.165) is 65.5 Å². The van der Waals surface area contributed by atoms with E-state index in [0.29, 0.717) is 114 Å². The number of esters is 2. The van der Waals surface area contributed by atoms with Crippen molar-refractivity contribution in [2.24, 2.45) is 10.8 Å². The molecular weight excluding hydrogens is 1370 g/mol. The van der Waals surface area contributed by atoms with Gasteiger partial charge in [-0.3, -0.25) is 33.1 Å². The number of nitrogens with two attached hydrogens (primary N) is 1. The molecule has 0 radical (unpaired) electrons. The maximum atomic E-state index is 12.2.